The average molecular weight is 454 g/mol. The van der Waals surface area contributed by atoms with Gasteiger partial charge in [-0.2, -0.15) is 17.7 Å². The van der Waals surface area contributed by atoms with Crippen molar-refractivity contribution < 1.29 is 22.3 Å². The van der Waals surface area contributed by atoms with Crippen LogP contribution in [0.25, 0.3) is 39.3 Å². The summed E-state index contributed by atoms with van der Waals surface area (Å²) >= 11 is 0. The minimum Gasteiger partial charge on any atom is -0.494 e. The van der Waals surface area contributed by atoms with E-state index in [2.05, 4.69) is 15.1 Å². The summed E-state index contributed by atoms with van der Waals surface area (Å²) in [7, 11) is 1.47. The molecule has 0 saturated carbocycles. The SMILES string of the molecule is COc1cccc2oc(-c3c(C)nc4c(-c5cccc(C)c5)c(C(F)(F)F)[nH]n4c3=O)nc12. The number of hydrogen-bond acceptors (Lipinski definition) is 5. The van der Waals surface area contributed by atoms with Crippen LogP contribution in [-0.4, -0.2) is 26.7 Å². The molecule has 2 aromatic carbocycles. The van der Waals surface area contributed by atoms with Gasteiger partial charge in [0.1, 0.15) is 17.0 Å². The van der Waals surface area contributed by atoms with Gasteiger partial charge in [0.15, 0.2) is 16.7 Å². The van der Waals surface area contributed by atoms with Crippen LogP contribution >= 0.6 is 0 Å². The maximum atomic E-state index is 13.9. The molecule has 5 aromatic rings. The second kappa shape index (κ2) is 7.22. The first kappa shape index (κ1) is 20.8. The van der Waals surface area contributed by atoms with Crippen molar-refractivity contribution in [1.29, 1.82) is 0 Å². The van der Waals surface area contributed by atoms with Crippen molar-refractivity contribution in [2.45, 2.75) is 20.0 Å². The van der Waals surface area contributed by atoms with E-state index in [9.17, 15) is 18.0 Å². The average Bonchev–Trinajstić information content (AvgIpc) is 3.35. The highest BCUT2D eigenvalue weighted by Crippen LogP contribution is 2.39. The first-order valence-electron chi connectivity index (χ1n) is 9.92. The number of aromatic nitrogens is 4. The Bertz CT molecular complexity index is 1590. The van der Waals surface area contributed by atoms with Gasteiger partial charge in [0.2, 0.25) is 5.89 Å². The van der Waals surface area contributed by atoms with E-state index in [4.69, 9.17) is 9.15 Å². The number of benzene rings is 2. The number of halogens is 3. The van der Waals surface area contributed by atoms with Gasteiger partial charge in [0.25, 0.3) is 5.56 Å². The Morgan fingerprint density at radius 2 is 1.82 bits per heavy atom. The minimum absolute atomic E-state index is 0.0449. The molecular formula is C23H17F3N4O3. The van der Waals surface area contributed by atoms with E-state index in [1.807, 2.05) is 0 Å². The van der Waals surface area contributed by atoms with Crippen LogP contribution in [0.5, 0.6) is 5.75 Å². The monoisotopic (exact) mass is 454 g/mol. The molecule has 0 bridgehead atoms. The number of aryl methyl sites for hydroxylation is 2. The second-order valence-corrected chi connectivity index (χ2v) is 7.59. The minimum atomic E-state index is -4.74. The molecule has 3 heterocycles. The summed E-state index contributed by atoms with van der Waals surface area (Å²) in [5.41, 5.74) is -0.171. The van der Waals surface area contributed by atoms with Crippen LogP contribution in [0.4, 0.5) is 13.2 Å². The molecule has 0 fully saturated rings. The fourth-order valence-electron chi connectivity index (χ4n) is 3.90. The third-order valence-corrected chi connectivity index (χ3v) is 5.37. The summed E-state index contributed by atoms with van der Waals surface area (Å²) in [6.07, 6.45) is -4.74. The van der Waals surface area contributed by atoms with Gasteiger partial charge in [-0.1, -0.05) is 35.9 Å². The zero-order valence-corrected chi connectivity index (χ0v) is 17.7. The lowest BCUT2D eigenvalue weighted by Crippen LogP contribution is -2.20. The molecule has 7 nitrogen and oxygen atoms in total. The summed E-state index contributed by atoms with van der Waals surface area (Å²) in [5.74, 6) is 0.384. The number of para-hydroxylation sites is 1. The summed E-state index contributed by atoms with van der Waals surface area (Å²) in [6.45, 7) is 3.30. The second-order valence-electron chi connectivity index (χ2n) is 7.59. The van der Waals surface area contributed by atoms with Crippen molar-refractivity contribution >= 4 is 16.7 Å². The lowest BCUT2D eigenvalue weighted by molar-refractivity contribution is -0.140. The Morgan fingerprint density at radius 3 is 2.52 bits per heavy atom. The molecule has 3 aromatic heterocycles. The maximum absolute atomic E-state index is 13.9. The van der Waals surface area contributed by atoms with Crippen molar-refractivity contribution in [3.8, 4) is 28.3 Å². The number of oxazole rings is 1. The number of alkyl halides is 3. The number of methoxy groups -OCH3 is 1. The van der Waals surface area contributed by atoms with E-state index in [1.165, 1.54) is 14.0 Å². The molecule has 0 unspecified atom stereocenters. The number of aromatic amines is 1. The summed E-state index contributed by atoms with van der Waals surface area (Å²) in [6, 6.07) is 11.6. The molecule has 0 amide bonds. The van der Waals surface area contributed by atoms with Crippen molar-refractivity contribution in [3.63, 3.8) is 0 Å². The van der Waals surface area contributed by atoms with Crippen LogP contribution in [0.1, 0.15) is 17.0 Å². The molecule has 33 heavy (non-hydrogen) atoms. The van der Waals surface area contributed by atoms with Gasteiger partial charge in [-0.15, -0.1) is 0 Å². The Kier molecular flexibility index (Phi) is 4.55. The first-order valence-corrected chi connectivity index (χ1v) is 9.92. The number of ether oxygens (including phenoxy) is 1. The van der Waals surface area contributed by atoms with Crippen molar-refractivity contribution in [2.75, 3.05) is 7.11 Å². The van der Waals surface area contributed by atoms with Gasteiger partial charge in [-0.3, -0.25) is 9.89 Å². The lowest BCUT2D eigenvalue weighted by Gasteiger charge is -2.08. The van der Waals surface area contributed by atoms with Gasteiger partial charge in [-0.05, 0) is 31.5 Å². The molecular weight excluding hydrogens is 437 g/mol. The third kappa shape index (κ3) is 3.25. The van der Waals surface area contributed by atoms with E-state index in [1.54, 1.807) is 49.4 Å². The summed E-state index contributed by atoms with van der Waals surface area (Å²) < 4.78 is 53.6. The summed E-state index contributed by atoms with van der Waals surface area (Å²) in [5, 5.41) is 2.21. The summed E-state index contributed by atoms with van der Waals surface area (Å²) in [4.78, 5) is 22.1. The Labute approximate surface area is 184 Å². The topological polar surface area (TPSA) is 85.4 Å². The van der Waals surface area contributed by atoms with Gasteiger partial charge >= 0.3 is 6.18 Å². The van der Waals surface area contributed by atoms with Crippen LogP contribution < -0.4 is 10.3 Å². The quantitative estimate of drug-likeness (QED) is 0.408. The highest BCUT2D eigenvalue weighted by Gasteiger charge is 2.38. The maximum Gasteiger partial charge on any atom is 0.433 e. The predicted molar refractivity (Wildman–Crippen MR) is 115 cm³/mol. The van der Waals surface area contributed by atoms with Crippen LogP contribution in [-0.2, 0) is 6.18 Å². The molecule has 168 valence electrons. The fraction of sp³-hybridized carbons (Fsp3) is 0.174. The van der Waals surface area contributed by atoms with Crippen LogP contribution in [0.2, 0.25) is 0 Å². The van der Waals surface area contributed by atoms with Crippen LogP contribution in [0.3, 0.4) is 0 Å². The number of nitrogens with zero attached hydrogens (tertiary/aromatic N) is 3. The predicted octanol–water partition coefficient (Wildman–Crippen LogP) is 5.14. The highest BCUT2D eigenvalue weighted by molar-refractivity contribution is 5.84. The van der Waals surface area contributed by atoms with E-state index >= 15 is 0 Å². The Hall–Kier alpha value is -4.08. The lowest BCUT2D eigenvalue weighted by atomic mass is 10.0. The largest absolute Gasteiger partial charge is 0.494 e. The third-order valence-electron chi connectivity index (χ3n) is 5.37. The normalized spacial score (nSPS) is 12.1. The molecule has 5 rings (SSSR count). The number of nitrogens with one attached hydrogen (secondary N) is 1. The van der Waals surface area contributed by atoms with Crippen molar-refractivity contribution in [3.05, 3.63) is 69.8 Å². The van der Waals surface area contributed by atoms with Crippen molar-refractivity contribution in [2.24, 2.45) is 0 Å². The first-order chi connectivity index (χ1) is 15.7. The molecule has 1 N–H and O–H groups in total. The van der Waals surface area contributed by atoms with E-state index < -0.39 is 17.4 Å². The Balaban J connectivity index is 1.83. The molecule has 0 aliphatic rings. The number of fused-ring (bicyclic) bond motifs is 2. The number of hydrogen-bond donors (Lipinski definition) is 1. The van der Waals surface area contributed by atoms with E-state index in [0.717, 1.165) is 10.1 Å². The van der Waals surface area contributed by atoms with Gasteiger partial charge in [0.05, 0.1) is 18.4 Å². The van der Waals surface area contributed by atoms with Gasteiger partial charge in [0, 0.05) is 0 Å². The van der Waals surface area contributed by atoms with Gasteiger partial charge in [-0.25, -0.2) is 9.97 Å². The van der Waals surface area contributed by atoms with E-state index in [-0.39, 0.29) is 28.4 Å². The molecule has 0 aliphatic heterocycles. The smallest absolute Gasteiger partial charge is 0.433 e. The molecule has 10 heteroatoms. The zero-order valence-electron chi connectivity index (χ0n) is 17.7. The number of H-pyrrole nitrogens is 1. The van der Waals surface area contributed by atoms with Crippen LogP contribution in [0, 0.1) is 13.8 Å². The van der Waals surface area contributed by atoms with E-state index in [0.29, 0.717) is 22.4 Å². The molecule has 0 atom stereocenters. The highest BCUT2D eigenvalue weighted by atomic mass is 19.4. The molecule has 0 spiro atoms. The number of rotatable bonds is 3. The molecule has 0 aliphatic carbocycles. The molecule has 0 radical (unpaired) electrons. The molecule has 0 saturated heterocycles. The van der Waals surface area contributed by atoms with Crippen LogP contribution in [0.15, 0.2) is 51.7 Å². The van der Waals surface area contributed by atoms with Gasteiger partial charge < -0.3 is 9.15 Å². The standard InChI is InChI=1S/C23H17F3N4O3/c1-11-6-4-7-13(10-11)17-19(23(24,25)26)29-30-20(17)27-12(2)16(22(30)31)21-28-18-14(32-3)8-5-9-15(18)33-21/h4-10,29H,1-3H3. The van der Waals surface area contributed by atoms with Crippen molar-refractivity contribution in [1.82, 2.24) is 19.6 Å². The zero-order chi connectivity index (χ0) is 23.5. The Morgan fingerprint density at radius 1 is 1.06 bits per heavy atom. The fourth-order valence-corrected chi connectivity index (χ4v) is 3.90.